The lowest BCUT2D eigenvalue weighted by atomic mass is 10.1. The van der Waals surface area contributed by atoms with Crippen molar-refractivity contribution < 1.29 is 28.1 Å². The zero-order chi connectivity index (χ0) is 33.6. The molecule has 3 aromatic heterocycles. The van der Waals surface area contributed by atoms with E-state index in [2.05, 4.69) is 36.4 Å². The molecule has 0 fully saturated rings. The first kappa shape index (κ1) is 35.3. The summed E-state index contributed by atoms with van der Waals surface area (Å²) < 4.78 is 31.7. The number of aromatic nitrogens is 4. The Morgan fingerprint density at radius 1 is 0.830 bits per heavy atom. The van der Waals surface area contributed by atoms with Gasteiger partial charge in [-0.2, -0.15) is 10.5 Å². The maximum Gasteiger partial charge on any atom is 0.243 e. The van der Waals surface area contributed by atoms with Crippen molar-refractivity contribution in [1.29, 1.82) is 10.5 Å². The van der Waals surface area contributed by atoms with Gasteiger partial charge in [0.05, 0.1) is 77.8 Å². The second-order valence-electron chi connectivity index (χ2n) is 10.9. The number of nitriles is 2. The normalized spacial score (nSPS) is 11.2. The highest BCUT2D eigenvalue weighted by atomic mass is 32.1. The smallest absolute Gasteiger partial charge is 0.243 e. The van der Waals surface area contributed by atoms with Crippen molar-refractivity contribution in [2.45, 2.75) is 26.9 Å². The Bertz CT molecular complexity index is 1710. The number of benzene rings is 1. The molecular weight excluding hydrogens is 618 g/mol. The van der Waals surface area contributed by atoms with Gasteiger partial charge in [0.2, 0.25) is 12.7 Å². The summed E-state index contributed by atoms with van der Waals surface area (Å²) in [6.45, 7) is 9.74. The highest BCUT2D eigenvalue weighted by Crippen LogP contribution is 2.38. The second kappa shape index (κ2) is 17.9. The molecule has 3 heterocycles. The van der Waals surface area contributed by atoms with Crippen LogP contribution in [-0.2, 0) is 41.4 Å². The summed E-state index contributed by atoms with van der Waals surface area (Å²) in [5.74, 6) is 0.631. The van der Waals surface area contributed by atoms with Crippen molar-refractivity contribution in [3.8, 4) is 17.9 Å². The third-order valence-electron chi connectivity index (χ3n) is 7.45. The fraction of sp³-hybridized carbons (Fsp3) is 0.455. The molecular formula is C33H43N9O4S+2. The number of nitrogens with zero attached hydrogens (tertiary/aromatic N) is 9. The van der Waals surface area contributed by atoms with Crippen LogP contribution in [0.2, 0.25) is 0 Å². The summed E-state index contributed by atoms with van der Waals surface area (Å²) in [5.41, 5.74) is 3.37. The summed E-state index contributed by atoms with van der Waals surface area (Å²) in [6.07, 6.45) is 12.1. The van der Waals surface area contributed by atoms with Crippen LogP contribution in [0.5, 0.6) is 5.75 Å². The monoisotopic (exact) mass is 661 g/mol. The van der Waals surface area contributed by atoms with Crippen LogP contribution in [0.4, 0.5) is 16.4 Å². The van der Waals surface area contributed by atoms with Crippen LogP contribution in [0.15, 0.2) is 59.8 Å². The van der Waals surface area contributed by atoms with Crippen LogP contribution in [-0.4, -0.2) is 69.0 Å². The number of rotatable bonds is 19. The minimum Gasteiger partial charge on any atom is -0.495 e. The lowest BCUT2D eigenvalue weighted by molar-refractivity contribution is -0.671. The maximum absolute atomic E-state index is 9.58. The van der Waals surface area contributed by atoms with Crippen molar-refractivity contribution >= 4 is 27.7 Å². The molecule has 0 spiro atoms. The van der Waals surface area contributed by atoms with Crippen molar-refractivity contribution in [2.75, 3.05) is 64.7 Å². The molecule has 4 rings (SSSR count). The summed E-state index contributed by atoms with van der Waals surface area (Å²) in [7, 11) is 5.61. The first-order chi connectivity index (χ1) is 22.8. The standard InChI is InChI=1S/C33H43N9O4S/c1-26-20-30(31(43-5)21-29(26)36-37-33-28(22-34)27(2)32(23-35)47-33)42(12-16-44-14-10-40-8-6-38(3)24-40)13-17-46-19-18-45-15-11-41-9-7-39(4)25-41/h6-9,20-21,24-25H,10-19H2,1-5H3/q+2/b37-36+. The maximum atomic E-state index is 9.58. The highest BCUT2D eigenvalue weighted by Gasteiger charge is 2.17. The third kappa shape index (κ3) is 10.2. The molecule has 0 unspecified atom stereocenters. The van der Waals surface area contributed by atoms with Gasteiger partial charge in [0.25, 0.3) is 0 Å². The number of azo groups is 1. The van der Waals surface area contributed by atoms with Gasteiger partial charge in [-0.15, -0.1) is 21.6 Å². The topological polar surface area (TPSA) is 130 Å². The quantitative estimate of drug-likeness (QED) is 0.0843. The average Bonchev–Trinajstić information content (AvgIpc) is 3.77. The molecule has 0 saturated carbocycles. The van der Waals surface area contributed by atoms with E-state index in [9.17, 15) is 10.5 Å². The Kier molecular flexibility index (Phi) is 13.4. The number of imidazole rings is 2. The van der Waals surface area contributed by atoms with Crippen molar-refractivity contribution in [1.82, 2.24) is 9.13 Å². The molecule has 0 radical (unpaired) electrons. The van der Waals surface area contributed by atoms with Gasteiger partial charge in [-0.25, -0.2) is 18.3 Å². The second-order valence-corrected chi connectivity index (χ2v) is 11.9. The summed E-state index contributed by atoms with van der Waals surface area (Å²) in [4.78, 5) is 2.64. The Balaban J connectivity index is 1.38. The first-order valence-corrected chi connectivity index (χ1v) is 16.2. The molecule has 13 nitrogen and oxygen atoms in total. The fourth-order valence-corrected chi connectivity index (χ4v) is 5.70. The number of ether oxygens (including phenoxy) is 4. The van der Waals surface area contributed by atoms with Crippen LogP contribution in [0.25, 0.3) is 0 Å². The zero-order valence-corrected chi connectivity index (χ0v) is 28.6. The molecule has 0 bridgehead atoms. The van der Waals surface area contributed by atoms with E-state index < -0.39 is 0 Å². The van der Waals surface area contributed by atoms with Crippen LogP contribution < -0.4 is 18.8 Å². The van der Waals surface area contributed by atoms with Gasteiger partial charge in [0.15, 0.2) is 5.00 Å². The first-order valence-electron chi connectivity index (χ1n) is 15.4. The van der Waals surface area contributed by atoms with E-state index >= 15 is 0 Å². The zero-order valence-electron chi connectivity index (χ0n) is 27.8. The van der Waals surface area contributed by atoms with E-state index in [1.807, 2.05) is 79.7 Å². The van der Waals surface area contributed by atoms with E-state index in [0.29, 0.717) is 85.2 Å². The SMILES string of the molecule is COc1cc(/N=N/c2sc(C#N)c(C)c2C#N)c(C)cc1N(CCOCCOCCn1cc[n+](C)c1)CCOCCn1cc[n+](C)c1. The van der Waals surface area contributed by atoms with Crippen molar-refractivity contribution in [3.63, 3.8) is 0 Å². The number of aryl methyl sites for hydroxylation is 3. The summed E-state index contributed by atoms with van der Waals surface area (Å²) in [6, 6.07) is 8.12. The van der Waals surface area contributed by atoms with E-state index in [1.165, 1.54) is 0 Å². The fourth-order valence-electron chi connectivity index (χ4n) is 4.82. The van der Waals surface area contributed by atoms with Gasteiger partial charge in [-0.05, 0) is 31.0 Å². The largest absolute Gasteiger partial charge is 0.495 e. The number of hydrogen-bond acceptors (Lipinski definition) is 10. The predicted molar refractivity (Wildman–Crippen MR) is 176 cm³/mol. The molecule has 4 aromatic rings. The summed E-state index contributed by atoms with van der Waals surface area (Å²) >= 11 is 1.16. The third-order valence-corrected chi connectivity index (χ3v) is 8.53. The lowest BCUT2D eigenvalue weighted by Gasteiger charge is -2.27. The van der Waals surface area contributed by atoms with E-state index in [1.54, 1.807) is 14.0 Å². The molecule has 0 aliphatic heterocycles. The molecule has 0 aliphatic carbocycles. The Morgan fingerprint density at radius 3 is 1.96 bits per heavy atom. The minimum atomic E-state index is 0.369. The van der Waals surface area contributed by atoms with Crippen molar-refractivity contribution in [2.24, 2.45) is 24.3 Å². The van der Waals surface area contributed by atoms with Gasteiger partial charge in [0.1, 0.15) is 60.6 Å². The van der Waals surface area contributed by atoms with Gasteiger partial charge >= 0.3 is 0 Å². The van der Waals surface area contributed by atoms with Gasteiger partial charge in [-0.3, -0.25) is 0 Å². The molecule has 0 aliphatic rings. The number of thiophene rings is 1. The average molecular weight is 662 g/mol. The van der Waals surface area contributed by atoms with Gasteiger partial charge in [0, 0.05) is 19.2 Å². The van der Waals surface area contributed by atoms with E-state index in [0.717, 1.165) is 35.7 Å². The number of methoxy groups -OCH3 is 1. The molecule has 0 atom stereocenters. The van der Waals surface area contributed by atoms with E-state index in [-0.39, 0.29) is 0 Å². The molecule has 0 N–H and O–H groups in total. The number of hydrogen-bond donors (Lipinski definition) is 0. The number of anilines is 1. The van der Waals surface area contributed by atoms with Crippen LogP contribution >= 0.6 is 11.3 Å². The molecule has 47 heavy (non-hydrogen) atoms. The molecule has 14 heteroatoms. The van der Waals surface area contributed by atoms with Gasteiger partial charge in [-0.1, -0.05) is 0 Å². The highest BCUT2D eigenvalue weighted by molar-refractivity contribution is 7.16. The van der Waals surface area contributed by atoms with Gasteiger partial charge < -0.3 is 23.8 Å². The van der Waals surface area contributed by atoms with Crippen LogP contribution in [0.1, 0.15) is 21.6 Å². The lowest BCUT2D eigenvalue weighted by Crippen LogP contribution is -2.32. The van der Waals surface area contributed by atoms with Crippen LogP contribution in [0, 0.1) is 36.5 Å². The predicted octanol–water partition coefficient (Wildman–Crippen LogP) is 4.04. The molecule has 1 aromatic carbocycles. The van der Waals surface area contributed by atoms with Crippen molar-refractivity contribution in [3.05, 3.63) is 71.1 Å². The Labute approximate surface area is 280 Å². The van der Waals surface area contributed by atoms with Crippen LogP contribution in [0.3, 0.4) is 0 Å². The minimum absolute atomic E-state index is 0.369. The van der Waals surface area contributed by atoms with E-state index in [4.69, 9.17) is 18.9 Å². The summed E-state index contributed by atoms with van der Waals surface area (Å²) in [5, 5.41) is 28.1. The molecule has 248 valence electrons. The molecule has 0 amide bonds. The Morgan fingerprint density at radius 2 is 1.43 bits per heavy atom. The Hall–Kier alpha value is -4.60. The molecule has 0 saturated heterocycles.